The van der Waals surface area contributed by atoms with Crippen LogP contribution in [0.1, 0.15) is 105 Å². The van der Waals surface area contributed by atoms with Gasteiger partial charge in [0.1, 0.15) is 30.3 Å². The molecule has 1 amide bonds. The number of ether oxygens (including phenoxy) is 4. The van der Waals surface area contributed by atoms with E-state index in [0.717, 1.165) is 16.7 Å². The lowest BCUT2D eigenvalue weighted by Crippen LogP contribution is -2.58. The van der Waals surface area contributed by atoms with Crippen molar-refractivity contribution < 1.29 is 72.6 Å². The van der Waals surface area contributed by atoms with Gasteiger partial charge < -0.3 is 68.9 Å². The lowest BCUT2D eigenvalue weighted by molar-refractivity contribution is -0.334. The van der Waals surface area contributed by atoms with E-state index in [-0.39, 0.29) is 44.2 Å². The van der Waals surface area contributed by atoms with Gasteiger partial charge in [0.15, 0.2) is 17.8 Å². The first kappa shape index (κ1) is 60.9. The van der Waals surface area contributed by atoms with E-state index in [9.17, 15) is 44.7 Å². The van der Waals surface area contributed by atoms with Crippen LogP contribution in [0.3, 0.4) is 0 Å². The summed E-state index contributed by atoms with van der Waals surface area (Å²) in [5, 5.41) is 67.1. The molecule has 2 aliphatic rings. The van der Waals surface area contributed by atoms with Gasteiger partial charge >= 0.3 is 7.82 Å². The number of nitriles is 1. The number of nitrogens with one attached hydrogen (secondary N) is 1. The summed E-state index contributed by atoms with van der Waals surface area (Å²) in [6.45, 7) is 16.6. The lowest BCUT2D eigenvalue weighted by atomic mass is 9.72. The quantitative estimate of drug-likeness (QED) is 0.0355. The number of rotatable bonds is 26. The summed E-state index contributed by atoms with van der Waals surface area (Å²) in [6.07, 6.45) is 4.10. The Labute approximate surface area is 414 Å². The Morgan fingerprint density at radius 3 is 2.36 bits per heavy atom. The zero-order valence-electron chi connectivity index (χ0n) is 43.1. The van der Waals surface area contributed by atoms with Crippen molar-refractivity contribution in [2.75, 3.05) is 41.5 Å². The molecule has 0 aliphatic carbocycles. The van der Waals surface area contributed by atoms with Crippen molar-refractivity contribution in [3.8, 4) is 6.07 Å². The van der Waals surface area contributed by atoms with Gasteiger partial charge in [-0.2, -0.15) is 5.26 Å². The number of aliphatic hydroxyl groups is 5. The standard InChI is InChI=1S/C50H81N4O15P/c1-29(20-22-51)16-14-17-30(2)32(4)24-33(5)42(57)35(7)38(55)25-41(65-13)45-46(69-70(61,62)63)49(8,9)50(68-45)26-39(56)34(6)40(67-50)19-15-18-36-27-66-48(53-36)31(3)21-23-52-47(60)44(59)43(58)37(28-64-12)54(10)11/h14-18,20,24,27,31,33-35,37-46,55-59H,19,21,23,25-26,28H2,1-13H3,(H,52,60)(H2,61,62,63)/b16-14+,18-15+,29-20-,30-17+,32-24+/t31-,33+,34-,35-,37-,38-,39+,40-,41-,42+,43-,44-,45+,46-,50+/m1/s1. The Morgan fingerprint density at radius 1 is 1.09 bits per heavy atom. The van der Waals surface area contributed by atoms with Crippen LogP contribution in [0.2, 0.25) is 0 Å². The van der Waals surface area contributed by atoms with Gasteiger partial charge in [-0.1, -0.05) is 77.5 Å². The van der Waals surface area contributed by atoms with Gasteiger partial charge in [-0.25, -0.2) is 9.55 Å². The molecule has 0 saturated carbocycles. The molecule has 1 spiro atoms. The van der Waals surface area contributed by atoms with Crippen LogP contribution >= 0.6 is 7.82 Å². The van der Waals surface area contributed by atoms with Crippen LogP contribution in [0, 0.1) is 34.5 Å². The summed E-state index contributed by atoms with van der Waals surface area (Å²) in [7, 11) is 1.12. The number of nitrogens with zero attached hydrogens (tertiary/aromatic N) is 3. The van der Waals surface area contributed by atoms with Crippen LogP contribution in [0.4, 0.5) is 0 Å². The molecule has 0 radical (unpaired) electrons. The SMILES string of the molecule is COC[C@H]([C@@H](O)[C@@H](O)C(=O)NCC[C@@H](C)c1nc(/C=C/C[C@H]2O[C@@]3(C[C@H](O)[C@H]2C)O[C@@H]([C@@H](C[C@@H](O)[C@@H](C)[C@@H](O)[C@@H](C)/C=C(C)/C(C)=C/C=C/C(C)=C\C#N)OC)[C@@H](OP(=O)(O)O)C3(C)C)co1)N(C)C. The minimum absolute atomic E-state index is 0.0645. The average Bonchev–Trinajstić information content (AvgIpc) is 3.84. The molecule has 3 rings (SSSR count). The first-order valence-electron chi connectivity index (χ1n) is 23.8. The number of hydrogen-bond acceptors (Lipinski definition) is 16. The van der Waals surface area contributed by atoms with Crippen LogP contribution < -0.4 is 5.32 Å². The summed E-state index contributed by atoms with van der Waals surface area (Å²) >= 11 is 0. The first-order valence-corrected chi connectivity index (χ1v) is 25.4. The third kappa shape index (κ3) is 16.3. The van der Waals surface area contributed by atoms with E-state index < -0.39 is 97.7 Å². The van der Waals surface area contributed by atoms with Crippen molar-refractivity contribution in [3.05, 3.63) is 71.0 Å². The maximum absolute atomic E-state index is 12.6. The van der Waals surface area contributed by atoms with Crippen molar-refractivity contribution in [1.29, 1.82) is 5.26 Å². The number of allylic oxidation sites excluding steroid dienone is 7. The predicted octanol–water partition coefficient (Wildman–Crippen LogP) is 4.69. The fraction of sp³-hybridized carbons (Fsp3) is 0.700. The zero-order chi connectivity index (χ0) is 52.9. The van der Waals surface area contributed by atoms with Crippen molar-refractivity contribution in [3.63, 3.8) is 0 Å². The molecular formula is C50H81N4O15P. The van der Waals surface area contributed by atoms with E-state index >= 15 is 0 Å². The van der Waals surface area contributed by atoms with Gasteiger partial charge in [0.2, 0.25) is 0 Å². The molecule has 0 bridgehead atoms. The highest BCUT2D eigenvalue weighted by molar-refractivity contribution is 7.46. The van der Waals surface area contributed by atoms with Crippen LogP contribution in [-0.2, 0) is 32.8 Å². The third-order valence-corrected chi connectivity index (χ3v) is 14.5. The van der Waals surface area contributed by atoms with E-state index in [1.54, 1.807) is 45.8 Å². The molecule has 70 heavy (non-hydrogen) atoms. The maximum Gasteiger partial charge on any atom is 0.469 e. The summed E-state index contributed by atoms with van der Waals surface area (Å²) in [5.74, 6) is -3.63. The largest absolute Gasteiger partial charge is 0.469 e. The Balaban J connectivity index is 1.74. The smallest absolute Gasteiger partial charge is 0.448 e. The molecule has 0 aromatic carbocycles. The first-order chi connectivity index (χ1) is 32.6. The number of methoxy groups -OCH3 is 2. The molecule has 8 N–H and O–H groups in total. The molecule has 3 heterocycles. The number of aliphatic hydroxyl groups excluding tert-OH is 5. The number of phosphoric acid groups is 1. The number of amides is 1. The normalized spacial score (nSPS) is 27.6. The summed E-state index contributed by atoms with van der Waals surface area (Å²) in [4.78, 5) is 39.2. The summed E-state index contributed by atoms with van der Waals surface area (Å²) in [6, 6.07) is 1.40. The maximum atomic E-state index is 12.6. The van der Waals surface area contributed by atoms with Gasteiger partial charge in [0.05, 0.1) is 49.2 Å². The van der Waals surface area contributed by atoms with Gasteiger partial charge in [0.25, 0.3) is 5.91 Å². The number of carbonyl (C=O) groups is 1. The minimum atomic E-state index is -5.15. The molecule has 20 heteroatoms. The van der Waals surface area contributed by atoms with Crippen molar-refractivity contribution in [2.24, 2.45) is 23.2 Å². The third-order valence-electron chi connectivity index (χ3n) is 14.0. The van der Waals surface area contributed by atoms with E-state index in [1.807, 2.05) is 78.0 Å². The Kier molecular flexibility index (Phi) is 23.5. The average molecular weight is 1010 g/mol. The highest BCUT2D eigenvalue weighted by Gasteiger charge is 2.68. The summed E-state index contributed by atoms with van der Waals surface area (Å²) < 4.78 is 48.2. The van der Waals surface area contributed by atoms with E-state index in [0.29, 0.717) is 18.0 Å². The molecule has 2 aliphatic heterocycles. The number of phosphoric ester groups is 1. The lowest BCUT2D eigenvalue weighted by Gasteiger charge is -2.50. The fourth-order valence-corrected chi connectivity index (χ4v) is 9.64. The van der Waals surface area contributed by atoms with Crippen LogP contribution in [0.15, 0.2) is 63.9 Å². The molecule has 1 aromatic rings. The molecular weight excluding hydrogens is 928 g/mol. The fourth-order valence-electron chi connectivity index (χ4n) is 8.96. The van der Waals surface area contributed by atoms with Crippen molar-refractivity contribution >= 4 is 19.8 Å². The second-order valence-corrected chi connectivity index (χ2v) is 21.1. The topological polar surface area (TPSA) is 287 Å². The number of hydrogen-bond donors (Lipinski definition) is 8. The van der Waals surface area contributed by atoms with Crippen LogP contribution in [0.25, 0.3) is 6.08 Å². The number of likely N-dealkylation sites (N-methyl/N-ethyl adjacent to an activating group) is 1. The van der Waals surface area contributed by atoms with Gasteiger partial charge in [-0.3, -0.25) is 9.32 Å². The Hall–Kier alpha value is -3.42. The minimum Gasteiger partial charge on any atom is -0.448 e. The van der Waals surface area contributed by atoms with E-state index in [4.69, 9.17) is 33.2 Å². The second kappa shape index (κ2) is 27.0. The second-order valence-electron chi connectivity index (χ2n) is 19.9. The number of carbonyl (C=O) groups excluding carboxylic acids is 1. The summed E-state index contributed by atoms with van der Waals surface area (Å²) in [5.41, 5.74) is 1.87. The highest BCUT2D eigenvalue weighted by atomic mass is 31.2. The molecule has 2 saturated heterocycles. The van der Waals surface area contributed by atoms with Crippen molar-refractivity contribution in [1.82, 2.24) is 15.2 Å². The molecule has 1 aromatic heterocycles. The molecule has 15 atom stereocenters. The molecule has 0 unspecified atom stereocenters. The monoisotopic (exact) mass is 1010 g/mol. The number of oxazole rings is 1. The van der Waals surface area contributed by atoms with Gasteiger partial charge in [-0.05, 0) is 64.9 Å². The Bertz CT molecular complexity index is 2080. The van der Waals surface area contributed by atoms with Gasteiger partial charge in [0, 0.05) is 68.8 Å². The zero-order valence-corrected chi connectivity index (χ0v) is 44.0. The molecule has 2 fully saturated rings. The van der Waals surface area contributed by atoms with Crippen LogP contribution in [-0.4, -0.2) is 159 Å². The van der Waals surface area contributed by atoms with Crippen molar-refractivity contribution in [2.45, 2.75) is 161 Å². The molecule has 396 valence electrons. The van der Waals surface area contributed by atoms with E-state index in [1.165, 1.54) is 26.6 Å². The number of aromatic nitrogens is 1. The van der Waals surface area contributed by atoms with E-state index in [2.05, 4.69) is 10.3 Å². The predicted molar refractivity (Wildman–Crippen MR) is 262 cm³/mol. The molecule has 19 nitrogen and oxygen atoms in total. The highest BCUT2D eigenvalue weighted by Crippen LogP contribution is 2.59. The Morgan fingerprint density at radius 2 is 1.76 bits per heavy atom. The van der Waals surface area contributed by atoms with Gasteiger partial charge in [-0.15, -0.1) is 0 Å². The van der Waals surface area contributed by atoms with Crippen LogP contribution in [0.5, 0.6) is 0 Å².